The fourth-order valence-corrected chi connectivity index (χ4v) is 3.33. The molecule has 2 aromatic heterocycles. The van der Waals surface area contributed by atoms with E-state index in [9.17, 15) is 9.90 Å². The summed E-state index contributed by atoms with van der Waals surface area (Å²) in [6.45, 7) is 1.96. The Bertz CT molecular complexity index is 1020. The number of carboxylic acids is 1. The van der Waals surface area contributed by atoms with Crippen LogP contribution in [-0.2, 0) is 7.05 Å². The van der Waals surface area contributed by atoms with E-state index < -0.39 is 5.97 Å². The first-order chi connectivity index (χ1) is 13.0. The highest BCUT2D eigenvalue weighted by molar-refractivity contribution is 6.29. The lowest BCUT2D eigenvalue weighted by Gasteiger charge is -2.15. The van der Waals surface area contributed by atoms with Gasteiger partial charge in [0.1, 0.15) is 5.75 Å². The van der Waals surface area contributed by atoms with Crippen molar-refractivity contribution < 1.29 is 14.6 Å². The first-order valence-corrected chi connectivity index (χ1v) is 9.03. The lowest BCUT2D eigenvalue weighted by Crippen LogP contribution is -2.06. The summed E-state index contributed by atoms with van der Waals surface area (Å²) in [5.41, 5.74) is 3.20. The minimum absolute atomic E-state index is 0.0618. The molecule has 0 spiro atoms. The van der Waals surface area contributed by atoms with E-state index in [-0.39, 0.29) is 16.6 Å². The van der Waals surface area contributed by atoms with Crippen LogP contribution in [0, 0.1) is 6.92 Å². The largest absolute Gasteiger partial charge is 0.476 e. The molecule has 0 unspecified atom stereocenters. The van der Waals surface area contributed by atoms with E-state index in [1.54, 1.807) is 25.4 Å². The van der Waals surface area contributed by atoms with Gasteiger partial charge in [-0.25, -0.2) is 4.79 Å². The molecule has 0 saturated heterocycles. The van der Waals surface area contributed by atoms with Crippen molar-refractivity contribution in [1.29, 1.82) is 0 Å². The van der Waals surface area contributed by atoms with Crippen molar-refractivity contribution in [2.75, 3.05) is 0 Å². The van der Waals surface area contributed by atoms with Crippen molar-refractivity contribution in [2.45, 2.75) is 25.7 Å². The molecule has 3 aromatic rings. The van der Waals surface area contributed by atoms with Gasteiger partial charge in [-0.15, -0.1) is 10.2 Å². The number of hydrogen-bond acceptors (Lipinski definition) is 4. The second-order valence-electron chi connectivity index (χ2n) is 6.75. The quantitative estimate of drug-likeness (QED) is 0.684. The van der Waals surface area contributed by atoms with Gasteiger partial charge < -0.3 is 14.4 Å². The van der Waals surface area contributed by atoms with Gasteiger partial charge in [0.15, 0.2) is 16.6 Å². The number of aryl methyl sites for hydroxylation is 2. The molecule has 7 heteroatoms. The molecule has 1 aromatic carbocycles. The Kier molecular flexibility index (Phi) is 4.36. The second-order valence-corrected chi connectivity index (χ2v) is 7.13. The highest BCUT2D eigenvalue weighted by Crippen LogP contribution is 2.47. The number of aromatic nitrogens is 3. The van der Waals surface area contributed by atoms with E-state index in [0.29, 0.717) is 17.2 Å². The summed E-state index contributed by atoms with van der Waals surface area (Å²) in [5.74, 6) is 0.382. The van der Waals surface area contributed by atoms with Gasteiger partial charge in [-0.3, -0.25) is 0 Å². The maximum absolute atomic E-state index is 11.9. The van der Waals surface area contributed by atoms with Crippen molar-refractivity contribution >= 4 is 17.6 Å². The first-order valence-electron chi connectivity index (χ1n) is 8.65. The molecule has 27 heavy (non-hydrogen) atoms. The van der Waals surface area contributed by atoms with Crippen molar-refractivity contribution in [3.63, 3.8) is 0 Å². The molecule has 4 rings (SSSR count). The average molecular weight is 384 g/mol. The third-order valence-corrected chi connectivity index (χ3v) is 4.91. The minimum atomic E-state index is -1.07. The fraction of sp³-hybridized carbons (Fsp3) is 0.250. The molecular formula is C20H18ClN3O3. The predicted molar refractivity (Wildman–Crippen MR) is 102 cm³/mol. The smallest absolute Gasteiger partial charge is 0.356 e. The van der Waals surface area contributed by atoms with Crippen LogP contribution < -0.4 is 4.74 Å². The Hall–Kier alpha value is -2.86. The summed E-state index contributed by atoms with van der Waals surface area (Å²) in [6, 6.07) is 9.33. The van der Waals surface area contributed by atoms with Crippen LogP contribution in [0.5, 0.6) is 11.5 Å². The molecule has 0 amide bonds. The molecule has 1 fully saturated rings. The maximum Gasteiger partial charge on any atom is 0.356 e. The van der Waals surface area contributed by atoms with E-state index in [0.717, 1.165) is 29.7 Å². The number of carbonyl (C=O) groups is 1. The number of para-hydroxylation sites is 1. The van der Waals surface area contributed by atoms with E-state index in [2.05, 4.69) is 10.2 Å². The summed E-state index contributed by atoms with van der Waals surface area (Å²) in [7, 11) is 1.67. The molecule has 0 aliphatic heterocycles. The summed E-state index contributed by atoms with van der Waals surface area (Å²) in [6.07, 6.45) is 3.93. The van der Waals surface area contributed by atoms with Crippen molar-refractivity contribution in [3.05, 3.63) is 58.5 Å². The zero-order chi connectivity index (χ0) is 19.1. The van der Waals surface area contributed by atoms with Crippen molar-refractivity contribution in [1.82, 2.24) is 14.8 Å². The Balaban J connectivity index is 1.87. The Labute approximate surface area is 161 Å². The van der Waals surface area contributed by atoms with Gasteiger partial charge in [0.05, 0.1) is 11.3 Å². The number of aromatic carboxylic acids is 1. The standard InChI is InChI=1S/C20H18ClN3O3/c1-11-4-3-5-13(12-6-7-12)18(11)27-19-14(10-24(2)17(19)20(25)26)15-8-9-16(21)23-22-15/h3-5,8-10,12H,6-7H2,1-2H3,(H,25,26). The van der Waals surface area contributed by atoms with Gasteiger partial charge in [0, 0.05) is 13.2 Å². The van der Waals surface area contributed by atoms with Crippen LogP contribution in [0.25, 0.3) is 11.3 Å². The third-order valence-electron chi connectivity index (χ3n) is 4.71. The second kappa shape index (κ2) is 6.70. The average Bonchev–Trinajstić information content (AvgIpc) is 3.41. The van der Waals surface area contributed by atoms with Crippen LogP contribution in [0.2, 0.25) is 5.15 Å². The number of ether oxygens (including phenoxy) is 1. The number of rotatable bonds is 5. The fourth-order valence-electron chi connectivity index (χ4n) is 3.23. The summed E-state index contributed by atoms with van der Waals surface area (Å²) >= 11 is 5.83. The van der Waals surface area contributed by atoms with Crippen LogP contribution in [0.1, 0.15) is 40.4 Å². The first kappa shape index (κ1) is 17.5. The van der Waals surface area contributed by atoms with Gasteiger partial charge in [-0.05, 0) is 48.9 Å². The minimum Gasteiger partial charge on any atom is -0.476 e. The van der Waals surface area contributed by atoms with Gasteiger partial charge in [-0.2, -0.15) is 0 Å². The normalized spacial score (nSPS) is 13.6. The topological polar surface area (TPSA) is 77.2 Å². The number of hydrogen-bond donors (Lipinski definition) is 1. The molecule has 1 saturated carbocycles. The van der Waals surface area contributed by atoms with Crippen LogP contribution in [0.15, 0.2) is 36.5 Å². The monoisotopic (exact) mass is 383 g/mol. The Morgan fingerprint density at radius 1 is 1.22 bits per heavy atom. The van der Waals surface area contributed by atoms with Crippen molar-refractivity contribution in [3.8, 4) is 22.8 Å². The van der Waals surface area contributed by atoms with Gasteiger partial charge >= 0.3 is 5.97 Å². The summed E-state index contributed by atoms with van der Waals surface area (Å²) in [5, 5.41) is 18.0. The zero-order valence-electron chi connectivity index (χ0n) is 14.9. The summed E-state index contributed by atoms with van der Waals surface area (Å²) in [4.78, 5) is 11.9. The number of nitrogens with zero attached hydrogens (tertiary/aromatic N) is 3. The van der Waals surface area contributed by atoms with Gasteiger partial charge in [0.25, 0.3) is 0 Å². The highest BCUT2D eigenvalue weighted by atomic mass is 35.5. The maximum atomic E-state index is 11.9. The van der Waals surface area contributed by atoms with Crippen LogP contribution >= 0.6 is 11.6 Å². The molecule has 138 valence electrons. The van der Waals surface area contributed by atoms with Gasteiger partial charge in [-0.1, -0.05) is 29.8 Å². The highest BCUT2D eigenvalue weighted by Gasteiger charge is 2.30. The van der Waals surface area contributed by atoms with Crippen molar-refractivity contribution in [2.24, 2.45) is 7.05 Å². The number of benzene rings is 1. The van der Waals surface area contributed by atoms with E-state index in [1.807, 2.05) is 25.1 Å². The lowest BCUT2D eigenvalue weighted by atomic mass is 10.1. The van der Waals surface area contributed by atoms with Crippen LogP contribution in [-0.4, -0.2) is 25.8 Å². The molecule has 0 radical (unpaired) electrons. The van der Waals surface area contributed by atoms with Crippen LogP contribution in [0.3, 0.4) is 0 Å². The zero-order valence-corrected chi connectivity index (χ0v) is 15.7. The molecule has 1 aliphatic rings. The third kappa shape index (κ3) is 3.28. The molecule has 0 bridgehead atoms. The lowest BCUT2D eigenvalue weighted by molar-refractivity contribution is 0.0683. The van der Waals surface area contributed by atoms with E-state index in [1.165, 1.54) is 4.57 Å². The summed E-state index contributed by atoms with van der Waals surface area (Å²) < 4.78 is 7.79. The Morgan fingerprint density at radius 2 is 2.00 bits per heavy atom. The molecule has 2 heterocycles. The molecule has 0 atom stereocenters. The van der Waals surface area contributed by atoms with Crippen LogP contribution in [0.4, 0.5) is 0 Å². The van der Waals surface area contributed by atoms with Gasteiger partial charge in [0.2, 0.25) is 0 Å². The SMILES string of the molecule is Cc1cccc(C2CC2)c1Oc1c(-c2ccc(Cl)nn2)cn(C)c1C(=O)O. The number of halogens is 1. The molecular weight excluding hydrogens is 366 g/mol. The molecule has 1 aliphatic carbocycles. The van der Waals surface area contributed by atoms with E-state index >= 15 is 0 Å². The number of carboxylic acid groups (broad SMARTS) is 1. The predicted octanol–water partition coefficient (Wildman–Crippen LogP) is 4.81. The van der Waals surface area contributed by atoms with E-state index in [4.69, 9.17) is 16.3 Å². The Morgan fingerprint density at radius 3 is 2.63 bits per heavy atom. The molecule has 6 nitrogen and oxygen atoms in total. The molecule has 1 N–H and O–H groups in total.